The molecule has 0 aliphatic heterocycles. The largest absolute Gasteiger partial charge is 0.490 e. The third-order valence-electron chi connectivity index (χ3n) is 2.23. The Bertz CT molecular complexity index is 408. The summed E-state index contributed by atoms with van der Waals surface area (Å²) in [6.07, 6.45) is 0. The van der Waals surface area contributed by atoms with Crippen molar-refractivity contribution in [2.24, 2.45) is 0 Å². The van der Waals surface area contributed by atoms with Crippen LogP contribution in [0, 0.1) is 3.57 Å². The van der Waals surface area contributed by atoms with Crippen LogP contribution >= 0.6 is 22.6 Å². The first kappa shape index (κ1) is 16.2. The Morgan fingerprint density at radius 3 is 2.47 bits per heavy atom. The van der Waals surface area contributed by atoms with E-state index in [0.717, 1.165) is 3.57 Å². The molecule has 0 radical (unpaired) electrons. The van der Waals surface area contributed by atoms with Gasteiger partial charge in [0.25, 0.3) is 0 Å². The van der Waals surface area contributed by atoms with Gasteiger partial charge >= 0.3 is 5.97 Å². The van der Waals surface area contributed by atoms with Crippen molar-refractivity contribution in [1.82, 2.24) is 0 Å². The van der Waals surface area contributed by atoms with Crippen LogP contribution in [0.1, 0.15) is 10.4 Å². The second-order valence-electron chi connectivity index (χ2n) is 3.61. The van der Waals surface area contributed by atoms with Crippen molar-refractivity contribution < 1.29 is 23.7 Å². The molecular weight excluding hydrogens is 363 g/mol. The molecule has 0 heterocycles. The highest BCUT2D eigenvalue weighted by Crippen LogP contribution is 2.22. The Morgan fingerprint density at radius 2 is 1.79 bits per heavy atom. The van der Waals surface area contributed by atoms with Crippen LogP contribution in [0.2, 0.25) is 0 Å². The zero-order valence-electron chi connectivity index (χ0n) is 11.0. The molecule has 0 unspecified atom stereocenters. The van der Waals surface area contributed by atoms with Gasteiger partial charge in [-0.25, -0.2) is 4.79 Å². The summed E-state index contributed by atoms with van der Waals surface area (Å²) < 4.78 is 21.3. The molecule has 0 fully saturated rings. The smallest absolute Gasteiger partial charge is 0.342 e. The molecule has 106 valence electrons. The second kappa shape index (κ2) is 9.11. The molecule has 0 N–H and O–H groups in total. The Kier molecular flexibility index (Phi) is 7.76. The van der Waals surface area contributed by atoms with Crippen molar-refractivity contribution in [2.45, 2.75) is 0 Å². The second-order valence-corrected chi connectivity index (χ2v) is 4.86. The van der Waals surface area contributed by atoms with Crippen molar-refractivity contribution in [1.29, 1.82) is 0 Å². The quantitative estimate of drug-likeness (QED) is 0.393. The van der Waals surface area contributed by atoms with Gasteiger partial charge in [-0.15, -0.1) is 0 Å². The van der Waals surface area contributed by atoms with E-state index in [1.807, 2.05) is 6.07 Å². The van der Waals surface area contributed by atoms with Crippen LogP contribution in [-0.4, -0.2) is 46.6 Å². The van der Waals surface area contributed by atoms with Crippen LogP contribution in [-0.2, 0) is 14.2 Å². The first-order chi connectivity index (χ1) is 9.19. The Balaban J connectivity index is 2.72. The summed E-state index contributed by atoms with van der Waals surface area (Å²) in [5.74, 6) is 0.0860. The van der Waals surface area contributed by atoms with Gasteiger partial charge in [0.2, 0.25) is 0 Å². The fourth-order valence-electron chi connectivity index (χ4n) is 1.32. The van der Waals surface area contributed by atoms with Crippen LogP contribution in [0.15, 0.2) is 18.2 Å². The van der Waals surface area contributed by atoms with Crippen LogP contribution in [0.3, 0.4) is 0 Å². The number of carbonyl (C=O) groups is 1. The molecule has 6 heteroatoms. The molecule has 0 aliphatic rings. The molecule has 0 saturated heterocycles. The highest BCUT2D eigenvalue weighted by Gasteiger charge is 2.14. The topological polar surface area (TPSA) is 54.0 Å². The molecule has 5 nitrogen and oxygen atoms in total. The van der Waals surface area contributed by atoms with E-state index in [4.69, 9.17) is 18.9 Å². The van der Waals surface area contributed by atoms with E-state index >= 15 is 0 Å². The van der Waals surface area contributed by atoms with Gasteiger partial charge in [-0.05, 0) is 40.8 Å². The molecule has 0 bridgehead atoms. The molecule has 1 aromatic carbocycles. The molecule has 0 aromatic heterocycles. The number of esters is 1. The van der Waals surface area contributed by atoms with Crippen LogP contribution < -0.4 is 4.74 Å². The monoisotopic (exact) mass is 380 g/mol. The molecule has 0 amide bonds. The van der Waals surface area contributed by atoms with Gasteiger partial charge in [-0.1, -0.05) is 0 Å². The number of hydrogen-bond donors (Lipinski definition) is 0. The predicted molar refractivity (Wildman–Crippen MR) is 78.7 cm³/mol. The standard InChI is InChI=1S/C13H17IO5/c1-16-5-7-18-12-4-3-10(14)9-11(12)13(15)19-8-6-17-2/h3-4,9H,5-8H2,1-2H3. The lowest BCUT2D eigenvalue weighted by Crippen LogP contribution is -2.13. The van der Waals surface area contributed by atoms with Gasteiger partial charge in [-0.2, -0.15) is 0 Å². The number of carbonyl (C=O) groups excluding carboxylic acids is 1. The van der Waals surface area contributed by atoms with Crippen molar-refractivity contribution in [3.63, 3.8) is 0 Å². The summed E-state index contributed by atoms with van der Waals surface area (Å²) in [7, 11) is 3.15. The number of halogens is 1. The van der Waals surface area contributed by atoms with Gasteiger partial charge in [-0.3, -0.25) is 0 Å². The number of methoxy groups -OCH3 is 2. The van der Waals surface area contributed by atoms with Crippen LogP contribution in [0.4, 0.5) is 0 Å². The van der Waals surface area contributed by atoms with Crippen molar-refractivity contribution in [2.75, 3.05) is 40.6 Å². The predicted octanol–water partition coefficient (Wildman–Crippen LogP) is 2.12. The van der Waals surface area contributed by atoms with E-state index in [1.54, 1.807) is 26.4 Å². The summed E-state index contributed by atoms with van der Waals surface area (Å²) in [5.41, 5.74) is 0.416. The van der Waals surface area contributed by atoms with E-state index in [2.05, 4.69) is 22.6 Å². The molecule has 0 saturated carbocycles. The molecule has 1 aromatic rings. The number of rotatable bonds is 8. The lowest BCUT2D eigenvalue weighted by molar-refractivity contribution is 0.0382. The average Bonchev–Trinajstić information content (AvgIpc) is 2.40. The lowest BCUT2D eigenvalue weighted by Gasteiger charge is -2.11. The Hall–Kier alpha value is -0.860. The average molecular weight is 380 g/mol. The lowest BCUT2D eigenvalue weighted by atomic mass is 10.2. The normalized spacial score (nSPS) is 10.3. The molecule has 1 rings (SSSR count). The zero-order valence-corrected chi connectivity index (χ0v) is 13.1. The fraction of sp³-hybridized carbons (Fsp3) is 0.462. The van der Waals surface area contributed by atoms with Crippen LogP contribution in [0.25, 0.3) is 0 Å². The minimum atomic E-state index is -0.414. The molecule has 0 spiro atoms. The Labute approximate surface area is 126 Å². The maximum absolute atomic E-state index is 11.9. The zero-order chi connectivity index (χ0) is 14.1. The highest BCUT2D eigenvalue weighted by molar-refractivity contribution is 14.1. The SMILES string of the molecule is COCCOC(=O)c1cc(I)ccc1OCCOC. The molecule has 0 atom stereocenters. The van der Waals surface area contributed by atoms with E-state index in [9.17, 15) is 4.79 Å². The third-order valence-corrected chi connectivity index (χ3v) is 2.90. The van der Waals surface area contributed by atoms with E-state index < -0.39 is 5.97 Å². The first-order valence-corrected chi connectivity index (χ1v) is 6.84. The van der Waals surface area contributed by atoms with Crippen molar-refractivity contribution in [3.8, 4) is 5.75 Å². The maximum atomic E-state index is 11.9. The summed E-state index contributed by atoms with van der Waals surface area (Å²) in [6, 6.07) is 5.36. The summed E-state index contributed by atoms with van der Waals surface area (Å²) in [4.78, 5) is 11.9. The third kappa shape index (κ3) is 5.75. The van der Waals surface area contributed by atoms with Crippen LogP contribution in [0.5, 0.6) is 5.75 Å². The molecular formula is C13H17IO5. The number of benzene rings is 1. The summed E-state index contributed by atoms with van der Waals surface area (Å²) in [5, 5.41) is 0. The molecule has 0 aliphatic carbocycles. The minimum Gasteiger partial charge on any atom is -0.490 e. The summed E-state index contributed by atoms with van der Waals surface area (Å²) in [6.45, 7) is 1.44. The van der Waals surface area contributed by atoms with Gasteiger partial charge in [0.05, 0.1) is 13.2 Å². The fourth-order valence-corrected chi connectivity index (χ4v) is 1.81. The van der Waals surface area contributed by atoms with Gasteiger partial charge in [0.1, 0.15) is 24.5 Å². The minimum absolute atomic E-state index is 0.221. The van der Waals surface area contributed by atoms with E-state index in [-0.39, 0.29) is 6.61 Å². The number of ether oxygens (including phenoxy) is 4. The van der Waals surface area contributed by atoms with Gasteiger partial charge in [0, 0.05) is 17.8 Å². The van der Waals surface area contributed by atoms with Gasteiger partial charge in [0.15, 0.2) is 0 Å². The van der Waals surface area contributed by atoms with Gasteiger partial charge < -0.3 is 18.9 Å². The summed E-state index contributed by atoms with van der Waals surface area (Å²) >= 11 is 2.13. The first-order valence-electron chi connectivity index (χ1n) is 5.76. The molecule has 19 heavy (non-hydrogen) atoms. The highest BCUT2D eigenvalue weighted by atomic mass is 127. The van der Waals surface area contributed by atoms with E-state index in [0.29, 0.717) is 31.1 Å². The van der Waals surface area contributed by atoms with Crippen molar-refractivity contribution >= 4 is 28.6 Å². The number of hydrogen-bond acceptors (Lipinski definition) is 5. The maximum Gasteiger partial charge on any atom is 0.342 e. The van der Waals surface area contributed by atoms with E-state index in [1.165, 1.54) is 0 Å². The van der Waals surface area contributed by atoms with Crippen molar-refractivity contribution in [3.05, 3.63) is 27.3 Å². The Morgan fingerprint density at radius 1 is 1.11 bits per heavy atom.